The number of nitrogens with zero attached hydrogens (tertiary/aromatic N) is 2. The Morgan fingerprint density at radius 1 is 1.30 bits per heavy atom. The molecular formula is C16H19N3S. The lowest BCUT2D eigenvalue weighted by atomic mass is 10.0. The second-order valence-corrected chi connectivity index (χ2v) is 6.51. The zero-order valence-corrected chi connectivity index (χ0v) is 12.6. The summed E-state index contributed by atoms with van der Waals surface area (Å²) in [5.74, 6) is 0.577. The van der Waals surface area contributed by atoms with E-state index in [0.29, 0.717) is 5.92 Å². The smallest absolute Gasteiger partial charge is 0.0994 e. The maximum atomic E-state index is 6.31. The molecule has 1 aromatic carbocycles. The fourth-order valence-corrected chi connectivity index (χ4v) is 3.30. The Balaban J connectivity index is 1.99. The van der Waals surface area contributed by atoms with Gasteiger partial charge in [0.2, 0.25) is 0 Å². The molecule has 2 heterocycles. The van der Waals surface area contributed by atoms with Crippen molar-refractivity contribution in [1.82, 2.24) is 9.55 Å². The molecule has 0 fully saturated rings. The molecule has 3 aromatic rings. The van der Waals surface area contributed by atoms with Crippen LogP contribution in [0.2, 0.25) is 0 Å². The highest BCUT2D eigenvalue weighted by molar-refractivity contribution is 7.17. The van der Waals surface area contributed by atoms with E-state index in [1.807, 2.05) is 12.5 Å². The summed E-state index contributed by atoms with van der Waals surface area (Å²) in [5, 5.41) is 3.39. The van der Waals surface area contributed by atoms with Crippen LogP contribution in [-0.4, -0.2) is 9.55 Å². The van der Waals surface area contributed by atoms with Crippen molar-refractivity contribution in [2.75, 3.05) is 0 Å². The molecule has 4 heteroatoms. The summed E-state index contributed by atoms with van der Waals surface area (Å²) in [5.41, 5.74) is 8.52. The summed E-state index contributed by atoms with van der Waals surface area (Å²) < 4.78 is 3.41. The Morgan fingerprint density at radius 2 is 2.15 bits per heavy atom. The van der Waals surface area contributed by atoms with Gasteiger partial charge >= 0.3 is 0 Å². The van der Waals surface area contributed by atoms with Gasteiger partial charge in [-0.2, -0.15) is 0 Å². The summed E-state index contributed by atoms with van der Waals surface area (Å²) in [6.07, 6.45) is 4.69. The van der Waals surface area contributed by atoms with Gasteiger partial charge in [0, 0.05) is 16.4 Å². The minimum absolute atomic E-state index is 0.0238. The van der Waals surface area contributed by atoms with Crippen LogP contribution in [0.4, 0.5) is 0 Å². The van der Waals surface area contributed by atoms with Crippen molar-refractivity contribution in [3.8, 4) is 5.69 Å². The molecule has 0 bridgehead atoms. The molecule has 2 N–H and O–H groups in total. The first-order valence-corrected chi connectivity index (χ1v) is 7.78. The fourth-order valence-electron chi connectivity index (χ4n) is 2.53. The summed E-state index contributed by atoms with van der Waals surface area (Å²) >= 11 is 1.76. The average molecular weight is 285 g/mol. The Hall–Kier alpha value is -1.65. The number of hydrogen-bond acceptors (Lipinski definition) is 3. The van der Waals surface area contributed by atoms with Crippen LogP contribution in [0, 0.1) is 5.92 Å². The number of nitrogens with two attached hydrogens (primary N) is 1. The summed E-state index contributed by atoms with van der Waals surface area (Å²) in [4.78, 5) is 4.28. The van der Waals surface area contributed by atoms with Crippen molar-refractivity contribution in [2.24, 2.45) is 11.7 Å². The van der Waals surface area contributed by atoms with Crippen LogP contribution in [0.1, 0.15) is 32.0 Å². The van der Waals surface area contributed by atoms with Gasteiger partial charge in [-0.05, 0) is 47.4 Å². The third-order valence-electron chi connectivity index (χ3n) is 3.49. The number of hydrogen-bond donors (Lipinski definition) is 1. The first-order valence-electron chi connectivity index (χ1n) is 6.90. The van der Waals surface area contributed by atoms with Crippen LogP contribution in [0.15, 0.2) is 42.2 Å². The number of fused-ring (bicyclic) bond motifs is 1. The lowest BCUT2D eigenvalue weighted by Crippen LogP contribution is -2.16. The molecule has 20 heavy (non-hydrogen) atoms. The van der Waals surface area contributed by atoms with Crippen molar-refractivity contribution in [1.29, 1.82) is 0 Å². The van der Waals surface area contributed by atoms with Crippen molar-refractivity contribution in [2.45, 2.75) is 26.3 Å². The van der Waals surface area contributed by atoms with Gasteiger partial charge in [0.1, 0.15) is 0 Å². The number of aromatic nitrogens is 2. The quantitative estimate of drug-likeness (QED) is 0.783. The van der Waals surface area contributed by atoms with Crippen LogP contribution in [0.3, 0.4) is 0 Å². The highest BCUT2D eigenvalue weighted by Crippen LogP contribution is 2.26. The molecule has 0 aliphatic heterocycles. The molecule has 104 valence electrons. The highest BCUT2D eigenvalue weighted by Gasteiger charge is 2.14. The third-order valence-corrected chi connectivity index (χ3v) is 4.38. The number of benzene rings is 1. The zero-order valence-electron chi connectivity index (χ0n) is 11.8. The van der Waals surface area contributed by atoms with Gasteiger partial charge in [-0.1, -0.05) is 13.8 Å². The second kappa shape index (κ2) is 5.38. The monoisotopic (exact) mass is 285 g/mol. The maximum Gasteiger partial charge on any atom is 0.0994 e. The van der Waals surface area contributed by atoms with Crippen molar-refractivity contribution >= 4 is 21.4 Å². The van der Waals surface area contributed by atoms with E-state index in [9.17, 15) is 0 Å². The minimum Gasteiger partial charge on any atom is -0.323 e. The van der Waals surface area contributed by atoms with Gasteiger partial charge in [-0.25, -0.2) is 4.98 Å². The predicted octanol–water partition coefficient (Wildman–Crippen LogP) is 4.13. The molecule has 1 unspecified atom stereocenters. The molecule has 3 nitrogen and oxygen atoms in total. The number of imidazole rings is 1. The van der Waals surface area contributed by atoms with Gasteiger partial charge in [0.15, 0.2) is 0 Å². The summed E-state index contributed by atoms with van der Waals surface area (Å²) in [6.45, 7) is 4.38. The molecule has 0 saturated carbocycles. The maximum absolute atomic E-state index is 6.31. The molecule has 0 spiro atoms. The van der Waals surface area contributed by atoms with Crippen molar-refractivity contribution in [3.05, 3.63) is 47.9 Å². The van der Waals surface area contributed by atoms with Crippen molar-refractivity contribution < 1.29 is 0 Å². The molecule has 1 atom stereocenters. The van der Waals surface area contributed by atoms with Crippen molar-refractivity contribution in [3.63, 3.8) is 0 Å². The second-order valence-electron chi connectivity index (χ2n) is 5.57. The van der Waals surface area contributed by atoms with Crippen LogP contribution in [0.25, 0.3) is 15.8 Å². The third kappa shape index (κ3) is 2.49. The van der Waals surface area contributed by atoms with E-state index in [4.69, 9.17) is 5.73 Å². The standard InChI is InChI=1S/C16H19N3S/c1-11(2)7-14(17)15-9-18-10-19(15)13-3-4-16-12(8-13)5-6-20-16/h3-6,8-11,14H,7,17H2,1-2H3. The van der Waals surface area contributed by atoms with Crippen LogP contribution in [-0.2, 0) is 0 Å². The van der Waals surface area contributed by atoms with E-state index in [1.54, 1.807) is 11.3 Å². The van der Waals surface area contributed by atoms with E-state index in [-0.39, 0.29) is 6.04 Å². The van der Waals surface area contributed by atoms with Crippen LogP contribution < -0.4 is 5.73 Å². The van der Waals surface area contributed by atoms with E-state index in [2.05, 4.69) is 53.0 Å². The molecule has 0 aliphatic rings. The summed E-state index contributed by atoms with van der Waals surface area (Å²) in [6, 6.07) is 8.66. The van der Waals surface area contributed by atoms with E-state index in [1.165, 1.54) is 10.1 Å². The molecule has 0 amide bonds. The number of rotatable bonds is 4. The molecule has 2 aromatic heterocycles. The first kappa shape index (κ1) is 13.3. The molecule has 3 rings (SSSR count). The summed E-state index contributed by atoms with van der Waals surface area (Å²) in [7, 11) is 0. The number of thiophene rings is 1. The van der Waals surface area contributed by atoms with Gasteiger partial charge in [0.25, 0.3) is 0 Å². The minimum atomic E-state index is 0.0238. The van der Waals surface area contributed by atoms with Gasteiger partial charge in [-0.15, -0.1) is 11.3 Å². The average Bonchev–Trinajstić information content (AvgIpc) is 3.06. The molecule has 0 radical (unpaired) electrons. The first-order chi connectivity index (χ1) is 9.65. The van der Waals surface area contributed by atoms with E-state index < -0.39 is 0 Å². The Labute approximate surface area is 123 Å². The predicted molar refractivity (Wildman–Crippen MR) is 85.3 cm³/mol. The SMILES string of the molecule is CC(C)CC(N)c1cncn1-c1ccc2sccc2c1. The highest BCUT2D eigenvalue weighted by atomic mass is 32.1. The fraction of sp³-hybridized carbons (Fsp3) is 0.312. The Bertz CT molecular complexity index is 711. The zero-order chi connectivity index (χ0) is 14.1. The normalized spacial score (nSPS) is 13.2. The van der Waals surface area contributed by atoms with Gasteiger partial charge in [0.05, 0.1) is 18.2 Å². The topological polar surface area (TPSA) is 43.8 Å². The van der Waals surface area contributed by atoms with Gasteiger partial charge in [-0.3, -0.25) is 0 Å². The molecule has 0 aliphatic carbocycles. The largest absolute Gasteiger partial charge is 0.323 e. The molecular weight excluding hydrogens is 266 g/mol. The van der Waals surface area contributed by atoms with Crippen LogP contribution in [0.5, 0.6) is 0 Å². The lowest BCUT2D eigenvalue weighted by molar-refractivity contribution is 0.498. The van der Waals surface area contributed by atoms with E-state index >= 15 is 0 Å². The van der Waals surface area contributed by atoms with Crippen LogP contribution >= 0.6 is 11.3 Å². The Morgan fingerprint density at radius 3 is 2.95 bits per heavy atom. The van der Waals surface area contributed by atoms with Gasteiger partial charge < -0.3 is 10.3 Å². The van der Waals surface area contributed by atoms with E-state index in [0.717, 1.165) is 17.8 Å². The molecule has 0 saturated heterocycles. The Kier molecular flexibility index (Phi) is 3.59. The lowest BCUT2D eigenvalue weighted by Gasteiger charge is -2.16.